The molecule has 1 aliphatic carbocycles. The zero-order valence-electron chi connectivity index (χ0n) is 12.0. The van der Waals surface area contributed by atoms with E-state index in [0.29, 0.717) is 18.1 Å². The Bertz CT molecular complexity index is 343. The number of carbonyl (C=O) groups excluding carboxylic acids is 1. The van der Waals surface area contributed by atoms with Gasteiger partial charge in [0, 0.05) is 11.3 Å². The summed E-state index contributed by atoms with van der Waals surface area (Å²) in [5, 5.41) is 15.7. The number of nitrogens with one attached hydrogen (secondary N) is 1. The minimum atomic E-state index is -0.883. The molecule has 4 N–H and O–H groups in total. The van der Waals surface area contributed by atoms with E-state index < -0.39 is 5.41 Å². The highest BCUT2D eigenvalue weighted by Crippen LogP contribution is 2.31. The molecule has 1 rings (SSSR count). The van der Waals surface area contributed by atoms with E-state index in [4.69, 9.17) is 10.9 Å². The molecule has 6 heteroatoms. The van der Waals surface area contributed by atoms with Crippen molar-refractivity contribution in [3.8, 4) is 0 Å². The molecule has 5 nitrogen and oxygen atoms in total. The van der Waals surface area contributed by atoms with E-state index in [1.165, 1.54) is 0 Å². The molecule has 0 saturated heterocycles. The number of hydrogen-bond acceptors (Lipinski definition) is 4. The Balaban J connectivity index is 2.74. The minimum Gasteiger partial charge on any atom is -0.409 e. The molecule has 0 aliphatic heterocycles. The Morgan fingerprint density at radius 1 is 1.47 bits per heavy atom. The molecule has 19 heavy (non-hydrogen) atoms. The average Bonchev–Trinajstić information content (AvgIpc) is 2.88. The normalized spacial score (nSPS) is 24.5. The molecule has 0 bridgehead atoms. The number of nitrogens with two attached hydrogens (primary N) is 1. The van der Waals surface area contributed by atoms with E-state index in [0.717, 1.165) is 19.3 Å². The number of thioether (sulfide) groups is 1. The molecule has 1 aliphatic rings. The van der Waals surface area contributed by atoms with Crippen LogP contribution in [0.3, 0.4) is 0 Å². The Hall–Kier alpha value is -0.910. The van der Waals surface area contributed by atoms with E-state index in [9.17, 15) is 4.79 Å². The second kappa shape index (κ2) is 7.03. The number of rotatable bonds is 6. The predicted molar refractivity (Wildman–Crippen MR) is 79.5 cm³/mol. The number of oxime groups is 1. The van der Waals surface area contributed by atoms with Gasteiger partial charge in [0.2, 0.25) is 5.91 Å². The summed E-state index contributed by atoms with van der Waals surface area (Å²) in [6.07, 6.45) is 6.33. The van der Waals surface area contributed by atoms with Crippen LogP contribution < -0.4 is 11.1 Å². The van der Waals surface area contributed by atoms with Gasteiger partial charge in [-0.25, -0.2) is 0 Å². The average molecular weight is 287 g/mol. The van der Waals surface area contributed by atoms with Gasteiger partial charge >= 0.3 is 0 Å². The van der Waals surface area contributed by atoms with Crippen LogP contribution in [0.15, 0.2) is 5.16 Å². The van der Waals surface area contributed by atoms with Crippen molar-refractivity contribution in [3.05, 3.63) is 0 Å². The number of nitrogens with zero attached hydrogens (tertiary/aromatic N) is 1. The van der Waals surface area contributed by atoms with Crippen LogP contribution >= 0.6 is 11.8 Å². The highest BCUT2D eigenvalue weighted by atomic mass is 32.2. The fraction of sp³-hybridized carbons (Fsp3) is 0.846. The maximum atomic E-state index is 12.5. The van der Waals surface area contributed by atoms with E-state index in [2.05, 4.69) is 16.7 Å². The Morgan fingerprint density at radius 2 is 2.11 bits per heavy atom. The number of hydrogen-bond donors (Lipinski definition) is 3. The topological polar surface area (TPSA) is 87.7 Å². The largest absolute Gasteiger partial charge is 0.409 e. The molecule has 0 aromatic carbocycles. The van der Waals surface area contributed by atoms with Gasteiger partial charge in [-0.3, -0.25) is 4.79 Å². The minimum absolute atomic E-state index is 0.00872. The van der Waals surface area contributed by atoms with Crippen molar-refractivity contribution in [1.82, 2.24) is 5.32 Å². The first-order valence-corrected chi connectivity index (χ1v) is 8.14. The van der Waals surface area contributed by atoms with Crippen LogP contribution in [0.4, 0.5) is 0 Å². The van der Waals surface area contributed by atoms with E-state index in [1.807, 2.05) is 25.6 Å². The van der Waals surface area contributed by atoms with Gasteiger partial charge in [-0.05, 0) is 38.4 Å². The SMILES string of the molecule is CCC(CC)(C(=O)NC1CCC(SC)C1)C(N)=NO. The summed E-state index contributed by atoms with van der Waals surface area (Å²) in [5.41, 5.74) is 4.85. The van der Waals surface area contributed by atoms with E-state index in [1.54, 1.807) is 0 Å². The molecule has 1 amide bonds. The van der Waals surface area contributed by atoms with E-state index >= 15 is 0 Å². The fourth-order valence-electron chi connectivity index (χ4n) is 2.75. The van der Waals surface area contributed by atoms with Gasteiger partial charge in [-0.15, -0.1) is 0 Å². The van der Waals surface area contributed by atoms with Gasteiger partial charge in [0.05, 0.1) is 0 Å². The van der Waals surface area contributed by atoms with Crippen LogP contribution in [0, 0.1) is 5.41 Å². The smallest absolute Gasteiger partial charge is 0.234 e. The van der Waals surface area contributed by atoms with Crippen LogP contribution in [-0.2, 0) is 4.79 Å². The lowest BCUT2D eigenvalue weighted by molar-refractivity contribution is -0.128. The molecule has 0 aromatic heterocycles. The second-order valence-corrected chi connectivity index (χ2v) is 6.25. The molecule has 0 radical (unpaired) electrons. The summed E-state index contributed by atoms with van der Waals surface area (Å²) in [4.78, 5) is 12.5. The van der Waals surface area contributed by atoms with Gasteiger partial charge in [0.25, 0.3) is 0 Å². The first kappa shape index (κ1) is 16.1. The third kappa shape index (κ3) is 3.35. The molecule has 0 heterocycles. The summed E-state index contributed by atoms with van der Waals surface area (Å²) in [6, 6.07) is 0.217. The standard InChI is InChI=1S/C13H25N3O2S/c1-4-13(5-2,11(14)16-18)12(17)15-9-6-7-10(8-9)19-3/h9-10,18H,4-8H2,1-3H3,(H2,14,16)(H,15,17). The first-order valence-electron chi connectivity index (χ1n) is 6.85. The maximum absolute atomic E-state index is 12.5. The Morgan fingerprint density at radius 3 is 2.53 bits per heavy atom. The number of amides is 1. The summed E-state index contributed by atoms with van der Waals surface area (Å²) in [7, 11) is 0. The van der Waals surface area contributed by atoms with Gasteiger partial charge < -0.3 is 16.3 Å². The lowest BCUT2D eigenvalue weighted by Gasteiger charge is -2.30. The van der Waals surface area contributed by atoms with Gasteiger partial charge in [-0.1, -0.05) is 19.0 Å². The lowest BCUT2D eigenvalue weighted by atomic mass is 9.80. The highest BCUT2D eigenvalue weighted by Gasteiger charge is 2.41. The number of carbonyl (C=O) groups is 1. The summed E-state index contributed by atoms with van der Waals surface area (Å²) >= 11 is 1.85. The van der Waals surface area contributed by atoms with Crippen molar-refractivity contribution in [2.75, 3.05) is 6.26 Å². The third-order valence-corrected chi connectivity index (χ3v) is 5.39. The molecular formula is C13H25N3O2S. The quantitative estimate of drug-likeness (QED) is 0.301. The lowest BCUT2D eigenvalue weighted by Crippen LogP contribution is -2.51. The summed E-state index contributed by atoms with van der Waals surface area (Å²) in [6.45, 7) is 3.78. The van der Waals surface area contributed by atoms with Crippen LogP contribution in [0.25, 0.3) is 0 Å². The van der Waals surface area contributed by atoms with Crippen molar-refractivity contribution in [2.24, 2.45) is 16.3 Å². The Labute approximate surface area is 119 Å². The zero-order valence-corrected chi connectivity index (χ0v) is 12.8. The van der Waals surface area contributed by atoms with Crippen molar-refractivity contribution in [2.45, 2.75) is 57.2 Å². The molecule has 110 valence electrons. The molecule has 2 atom stereocenters. The van der Waals surface area contributed by atoms with Crippen molar-refractivity contribution < 1.29 is 10.0 Å². The molecular weight excluding hydrogens is 262 g/mol. The molecule has 2 unspecified atom stereocenters. The fourth-order valence-corrected chi connectivity index (χ4v) is 3.55. The van der Waals surface area contributed by atoms with Crippen LogP contribution in [0.1, 0.15) is 46.0 Å². The highest BCUT2D eigenvalue weighted by molar-refractivity contribution is 7.99. The molecule has 0 aromatic rings. The second-order valence-electron chi connectivity index (χ2n) is 5.12. The molecule has 0 spiro atoms. The molecule has 1 saturated carbocycles. The monoisotopic (exact) mass is 287 g/mol. The maximum Gasteiger partial charge on any atom is 0.234 e. The van der Waals surface area contributed by atoms with Gasteiger partial charge in [0.15, 0.2) is 5.84 Å². The predicted octanol–water partition coefficient (Wildman–Crippen LogP) is 1.94. The van der Waals surface area contributed by atoms with Crippen molar-refractivity contribution in [3.63, 3.8) is 0 Å². The van der Waals surface area contributed by atoms with Crippen LogP contribution in [-0.4, -0.2) is 34.5 Å². The third-order valence-electron chi connectivity index (χ3n) is 4.29. The van der Waals surface area contributed by atoms with Gasteiger partial charge in [0.1, 0.15) is 5.41 Å². The summed E-state index contributed by atoms with van der Waals surface area (Å²) < 4.78 is 0. The number of amidine groups is 1. The van der Waals surface area contributed by atoms with Gasteiger partial charge in [-0.2, -0.15) is 11.8 Å². The zero-order chi connectivity index (χ0) is 14.5. The van der Waals surface area contributed by atoms with Crippen molar-refractivity contribution in [1.29, 1.82) is 0 Å². The van der Waals surface area contributed by atoms with Crippen molar-refractivity contribution >= 4 is 23.5 Å². The summed E-state index contributed by atoms with van der Waals surface area (Å²) in [5.74, 6) is -0.103. The van der Waals surface area contributed by atoms with E-state index in [-0.39, 0.29) is 17.8 Å². The molecule has 1 fully saturated rings. The Kier molecular flexibility index (Phi) is 5.97. The first-order chi connectivity index (χ1) is 9.03. The van der Waals surface area contributed by atoms with Crippen LogP contribution in [0.5, 0.6) is 0 Å². The van der Waals surface area contributed by atoms with Crippen LogP contribution in [0.2, 0.25) is 0 Å².